The Labute approximate surface area is 168 Å². The number of ether oxygens (including phenoxy) is 1. The van der Waals surface area contributed by atoms with Gasteiger partial charge in [0.1, 0.15) is 5.75 Å². The van der Waals surface area contributed by atoms with E-state index in [0.29, 0.717) is 11.7 Å². The van der Waals surface area contributed by atoms with Crippen molar-refractivity contribution in [3.05, 3.63) is 71.8 Å². The molecule has 0 aromatic heterocycles. The highest BCUT2D eigenvalue weighted by Crippen LogP contribution is 2.37. The first-order valence-electron chi connectivity index (χ1n) is 9.57. The number of benzene rings is 2. The molecule has 6 heteroatoms. The van der Waals surface area contributed by atoms with Crippen LogP contribution >= 0.6 is 0 Å². The Morgan fingerprint density at radius 2 is 1.76 bits per heavy atom. The van der Waals surface area contributed by atoms with Gasteiger partial charge >= 0.3 is 6.18 Å². The SMILES string of the molecule is COc1ccc(CN(C(=O)/C=C(/c2ccccc2)C(F)(F)F)C(C)C2CC2)cc1. The van der Waals surface area contributed by atoms with E-state index in [-0.39, 0.29) is 18.2 Å². The van der Waals surface area contributed by atoms with Gasteiger partial charge in [0.2, 0.25) is 5.91 Å². The van der Waals surface area contributed by atoms with Crippen molar-refractivity contribution >= 4 is 11.5 Å². The first-order chi connectivity index (χ1) is 13.8. The molecule has 0 N–H and O–H groups in total. The fourth-order valence-electron chi connectivity index (χ4n) is 3.34. The normalized spacial score (nSPS) is 15.7. The van der Waals surface area contributed by atoms with Crippen LogP contribution in [0, 0.1) is 5.92 Å². The molecular formula is C23H24F3NO2. The largest absolute Gasteiger partial charge is 0.497 e. The zero-order valence-corrected chi connectivity index (χ0v) is 16.4. The molecule has 1 unspecified atom stereocenters. The van der Waals surface area contributed by atoms with Gasteiger partial charge in [-0.1, -0.05) is 42.5 Å². The number of methoxy groups -OCH3 is 1. The summed E-state index contributed by atoms with van der Waals surface area (Å²) in [4.78, 5) is 14.5. The molecule has 1 atom stereocenters. The summed E-state index contributed by atoms with van der Waals surface area (Å²) >= 11 is 0. The van der Waals surface area contributed by atoms with Gasteiger partial charge in [-0.15, -0.1) is 0 Å². The third-order valence-corrected chi connectivity index (χ3v) is 5.25. The quantitative estimate of drug-likeness (QED) is 0.574. The third kappa shape index (κ3) is 5.40. The van der Waals surface area contributed by atoms with Crippen LogP contribution in [-0.4, -0.2) is 30.1 Å². The van der Waals surface area contributed by atoms with E-state index in [1.807, 2.05) is 19.1 Å². The minimum absolute atomic E-state index is 0.0168. The van der Waals surface area contributed by atoms with Gasteiger partial charge in [0.25, 0.3) is 0 Å². The van der Waals surface area contributed by atoms with Gasteiger partial charge in [0.05, 0.1) is 12.7 Å². The Morgan fingerprint density at radius 1 is 1.14 bits per heavy atom. The number of hydrogen-bond acceptors (Lipinski definition) is 2. The average molecular weight is 403 g/mol. The summed E-state index contributed by atoms with van der Waals surface area (Å²) in [5.41, 5.74) is -0.101. The van der Waals surface area contributed by atoms with Crippen molar-refractivity contribution in [2.45, 2.75) is 38.5 Å². The number of halogens is 3. The second-order valence-electron chi connectivity index (χ2n) is 7.31. The Hall–Kier alpha value is -2.76. The first kappa shape index (κ1) is 21.0. The molecule has 0 radical (unpaired) electrons. The lowest BCUT2D eigenvalue weighted by molar-refractivity contribution is -0.129. The Balaban J connectivity index is 1.91. The molecule has 0 aliphatic heterocycles. The van der Waals surface area contributed by atoms with Crippen LogP contribution < -0.4 is 4.74 Å². The number of hydrogen-bond donors (Lipinski definition) is 0. The van der Waals surface area contributed by atoms with Crippen molar-refractivity contribution in [2.24, 2.45) is 5.92 Å². The van der Waals surface area contributed by atoms with Crippen molar-refractivity contribution in [1.29, 1.82) is 0 Å². The van der Waals surface area contributed by atoms with Crippen molar-refractivity contribution < 1.29 is 22.7 Å². The molecule has 1 amide bonds. The van der Waals surface area contributed by atoms with Crippen molar-refractivity contribution in [3.8, 4) is 5.75 Å². The number of amides is 1. The fraction of sp³-hybridized carbons (Fsp3) is 0.348. The molecule has 3 rings (SSSR count). The van der Waals surface area contributed by atoms with Crippen molar-refractivity contribution in [3.63, 3.8) is 0 Å². The molecular weight excluding hydrogens is 379 g/mol. The number of carbonyl (C=O) groups excluding carboxylic acids is 1. The van der Waals surface area contributed by atoms with Crippen LogP contribution in [0.15, 0.2) is 60.7 Å². The predicted octanol–water partition coefficient (Wildman–Crippen LogP) is 5.47. The van der Waals surface area contributed by atoms with Crippen LogP contribution in [0.5, 0.6) is 5.75 Å². The highest BCUT2D eigenvalue weighted by Gasteiger charge is 2.38. The smallest absolute Gasteiger partial charge is 0.417 e. The Morgan fingerprint density at radius 3 is 2.28 bits per heavy atom. The standard InChI is InChI=1S/C23H24F3NO2/c1-16(18-10-11-18)27(15-17-8-12-20(29-2)13-9-17)22(28)14-21(23(24,25)26)19-6-4-3-5-7-19/h3-9,12-14,16,18H,10-11,15H2,1-2H3/b21-14-. The topological polar surface area (TPSA) is 29.5 Å². The lowest BCUT2D eigenvalue weighted by atomic mass is 10.0. The van der Waals surface area contributed by atoms with Gasteiger partial charge in [-0.05, 0) is 48.9 Å². The van der Waals surface area contributed by atoms with Crippen molar-refractivity contribution in [2.75, 3.05) is 7.11 Å². The third-order valence-electron chi connectivity index (χ3n) is 5.25. The minimum Gasteiger partial charge on any atom is -0.497 e. The van der Waals surface area contributed by atoms with E-state index in [1.54, 1.807) is 25.3 Å². The Kier molecular flexibility index (Phi) is 6.30. The lowest BCUT2D eigenvalue weighted by Crippen LogP contribution is -2.38. The number of rotatable bonds is 7. The number of alkyl halides is 3. The molecule has 3 nitrogen and oxygen atoms in total. The number of carbonyl (C=O) groups is 1. The van der Waals surface area contributed by atoms with Crippen LogP contribution in [0.25, 0.3) is 5.57 Å². The van der Waals surface area contributed by atoms with Gasteiger partial charge in [-0.25, -0.2) is 0 Å². The lowest BCUT2D eigenvalue weighted by Gasteiger charge is -2.29. The van der Waals surface area contributed by atoms with Gasteiger partial charge in [0, 0.05) is 18.7 Å². The maximum Gasteiger partial charge on any atom is 0.417 e. The summed E-state index contributed by atoms with van der Waals surface area (Å²) in [6.07, 6.45) is -1.91. The molecule has 2 aromatic rings. The monoisotopic (exact) mass is 403 g/mol. The predicted molar refractivity (Wildman–Crippen MR) is 106 cm³/mol. The van der Waals surface area contributed by atoms with Gasteiger partial charge in [-0.2, -0.15) is 13.2 Å². The molecule has 29 heavy (non-hydrogen) atoms. The number of nitrogens with zero attached hydrogens (tertiary/aromatic N) is 1. The Bertz CT molecular complexity index is 856. The molecule has 0 heterocycles. The second kappa shape index (κ2) is 8.72. The molecule has 1 saturated carbocycles. The van der Waals surface area contributed by atoms with E-state index in [0.717, 1.165) is 24.5 Å². The molecule has 1 aliphatic carbocycles. The van der Waals surface area contributed by atoms with Crippen LogP contribution in [0.3, 0.4) is 0 Å². The van der Waals surface area contributed by atoms with Gasteiger partial charge in [0.15, 0.2) is 0 Å². The highest BCUT2D eigenvalue weighted by atomic mass is 19.4. The van der Waals surface area contributed by atoms with E-state index in [1.165, 1.54) is 29.2 Å². The zero-order valence-electron chi connectivity index (χ0n) is 16.4. The molecule has 154 valence electrons. The minimum atomic E-state index is -4.62. The molecule has 0 saturated heterocycles. The van der Waals surface area contributed by atoms with Gasteiger partial charge in [-0.3, -0.25) is 4.79 Å². The van der Waals surface area contributed by atoms with E-state index in [9.17, 15) is 18.0 Å². The summed E-state index contributed by atoms with van der Waals surface area (Å²) in [7, 11) is 1.56. The second-order valence-corrected chi connectivity index (χ2v) is 7.31. The van der Waals surface area contributed by atoms with E-state index in [2.05, 4.69) is 0 Å². The maximum atomic E-state index is 13.7. The van der Waals surface area contributed by atoms with E-state index < -0.39 is 17.7 Å². The summed E-state index contributed by atoms with van der Waals surface area (Å²) in [5.74, 6) is 0.387. The molecule has 2 aromatic carbocycles. The molecule has 0 bridgehead atoms. The maximum absolute atomic E-state index is 13.7. The summed E-state index contributed by atoms with van der Waals surface area (Å²) in [5, 5.41) is 0. The zero-order chi connectivity index (χ0) is 21.0. The fourth-order valence-corrected chi connectivity index (χ4v) is 3.34. The summed E-state index contributed by atoms with van der Waals surface area (Å²) < 4.78 is 46.1. The van der Waals surface area contributed by atoms with E-state index in [4.69, 9.17) is 4.74 Å². The average Bonchev–Trinajstić information content (AvgIpc) is 3.55. The van der Waals surface area contributed by atoms with Crippen LogP contribution in [-0.2, 0) is 11.3 Å². The molecule has 1 fully saturated rings. The molecule has 0 spiro atoms. The summed E-state index contributed by atoms with van der Waals surface area (Å²) in [6.45, 7) is 2.15. The summed E-state index contributed by atoms with van der Waals surface area (Å²) in [6, 6.07) is 14.5. The highest BCUT2D eigenvalue weighted by molar-refractivity contribution is 5.96. The van der Waals surface area contributed by atoms with Gasteiger partial charge < -0.3 is 9.64 Å². The van der Waals surface area contributed by atoms with Crippen LogP contribution in [0.2, 0.25) is 0 Å². The van der Waals surface area contributed by atoms with E-state index >= 15 is 0 Å². The first-order valence-corrected chi connectivity index (χ1v) is 9.57. The molecule has 1 aliphatic rings. The van der Waals surface area contributed by atoms with Crippen molar-refractivity contribution in [1.82, 2.24) is 4.90 Å². The van der Waals surface area contributed by atoms with Crippen LogP contribution in [0.1, 0.15) is 30.9 Å². The number of allylic oxidation sites excluding steroid dienone is 1. The van der Waals surface area contributed by atoms with Crippen LogP contribution in [0.4, 0.5) is 13.2 Å².